The Hall–Kier alpha value is -0.650. The molecule has 2 rings (SSSR count). The summed E-state index contributed by atoms with van der Waals surface area (Å²) < 4.78 is 5.88. The Kier molecular flexibility index (Phi) is 5.81. The predicted octanol–water partition coefficient (Wildman–Crippen LogP) is 0.600. The van der Waals surface area contributed by atoms with Crippen LogP contribution in [0.5, 0.6) is 0 Å². The number of carbonyl (C=O) groups is 1. The van der Waals surface area contributed by atoms with Crippen molar-refractivity contribution in [2.24, 2.45) is 5.92 Å². The van der Waals surface area contributed by atoms with E-state index in [0.29, 0.717) is 12.0 Å². The molecule has 2 saturated heterocycles. The van der Waals surface area contributed by atoms with Gasteiger partial charge in [-0.15, -0.1) is 0 Å². The molecule has 2 fully saturated rings. The highest BCUT2D eigenvalue weighted by atomic mass is 16.5. The van der Waals surface area contributed by atoms with Crippen LogP contribution in [0.25, 0.3) is 0 Å². The summed E-state index contributed by atoms with van der Waals surface area (Å²) in [5, 5.41) is 6.25. The Bertz CT molecular complexity index is 322. The molecule has 0 aromatic carbocycles. The molecule has 0 aliphatic carbocycles. The second-order valence-electron chi connectivity index (χ2n) is 6.52. The summed E-state index contributed by atoms with van der Waals surface area (Å²) >= 11 is 0. The van der Waals surface area contributed by atoms with Crippen LogP contribution >= 0.6 is 0 Å². The first-order valence-corrected chi connectivity index (χ1v) is 7.93. The number of carbonyl (C=O) groups excluding carboxylic acids is 1. The minimum atomic E-state index is -0.159. The fraction of sp³-hybridized carbons (Fsp3) is 0.933. The molecule has 2 heterocycles. The molecule has 5 heteroatoms. The van der Waals surface area contributed by atoms with Crippen LogP contribution in [0.3, 0.4) is 0 Å². The molecule has 0 spiro atoms. The van der Waals surface area contributed by atoms with Gasteiger partial charge in [-0.05, 0) is 32.2 Å². The number of fused-ring (bicyclic) bond motifs is 1. The Morgan fingerprint density at radius 3 is 2.95 bits per heavy atom. The second-order valence-corrected chi connectivity index (χ2v) is 6.52. The van der Waals surface area contributed by atoms with Crippen molar-refractivity contribution in [1.82, 2.24) is 15.5 Å². The van der Waals surface area contributed by atoms with Gasteiger partial charge in [0.25, 0.3) is 0 Å². The first kappa shape index (κ1) is 15.7. The van der Waals surface area contributed by atoms with Gasteiger partial charge in [0.15, 0.2) is 0 Å². The summed E-state index contributed by atoms with van der Waals surface area (Å²) in [4.78, 5) is 14.4. The minimum Gasteiger partial charge on any atom is -0.374 e. The molecule has 2 aliphatic rings. The summed E-state index contributed by atoms with van der Waals surface area (Å²) in [5.74, 6) is 0.563. The van der Waals surface area contributed by atoms with E-state index in [-0.39, 0.29) is 18.1 Å². The zero-order chi connectivity index (χ0) is 14.5. The van der Waals surface area contributed by atoms with Gasteiger partial charge in [-0.2, -0.15) is 0 Å². The van der Waals surface area contributed by atoms with E-state index in [9.17, 15) is 4.79 Å². The number of rotatable bonds is 6. The third kappa shape index (κ3) is 4.43. The van der Waals surface area contributed by atoms with Gasteiger partial charge in [0.2, 0.25) is 5.91 Å². The number of hydrogen-bond acceptors (Lipinski definition) is 4. The van der Waals surface area contributed by atoms with Crippen molar-refractivity contribution in [2.45, 2.75) is 51.8 Å². The molecule has 2 aliphatic heterocycles. The highest BCUT2D eigenvalue weighted by Crippen LogP contribution is 2.22. The van der Waals surface area contributed by atoms with Crippen LogP contribution in [-0.4, -0.2) is 61.8 Å². The van der Waals surface area contributed by atoms with Crippen LogP contribution in [0.2, 0.25) is 0 Å². The van der Waals surface area contributed by atoms with E-state index in [2.05, 4.69) is 29.4 Å². The molecule has 3 atom stereocenters. The van der Waals surface area contributed by atoms with Crippen LogP contribution in [0.15, 0.2) is 0 Å². The molecule has 0 aromatic heterocycles. The molecule has 0 saturated carbocycles. The maximum absolute atomic E-state index is 11.9. The van der Waals surface area contributed by atoms with Gasteiger partial charge in [-0.3, -0.25) is 9.69 Å². The lowest BCUT2D eigenvalue weighted by Crippen LogP contribution is -2.52. The molecule has 116 valence electrons. The standard InChI is InChI=1S/C15H29N3O2/c1-11(2)7-17-15(19)12(3)16-8-14-9-18-6-4-5-13(18)10-20-14/h11-14,16H,4-10H2,1-3H3,(H,17,19). The minimum absolute atomic E-state index is 0.0774. The quantitative estimate of drug-likeness (QED) is 0.749. The first-order chi connectivity index (χ1) is 9.56. The number of ether oxygens (including phenoxy) is 1. The second kappa shape index (κ2) is 7.38. The van der Waals surface area contributed by atoms with Crippen molar-refractivity contribution < 1.29 is 9.53 Å². The molecule has 0 radical (unpaired) electrons. The lowest BCUT2D eigenvalue weighted by atomic mass is 10.2. The summed E-state index contributed by atoms with van der Waals surface area (Å²) in [7, 11) is 0. The summed E-state index contributed by atoms with van der Waals surface area (Å²) in [6, 6.07) is 0.478. The van der Waals surface area contributed by atoms with E-state index in [1.807, 2.05) is 6.92 Å². The topological polar surface area (TPSA) is 53.6 Å². The van der Waals surface area contributed by atoms with E-state index in [4.69, 9.17) is 4.74 Å². The summed E-state index contributed by atoms with van der Waals surface area (Å²) in [5.41, 5.74) is 0. The average molecular weight is 283 g/mol. The van der Waals surface area contributed by atoms with Crippen molar-refractivity contribution in [3.05, 3.63) is 0 Å². The fourth-order valence-electron chi connectivity index (χ4n) is 2.87. The van der Waals surface area contributed by atoms with Crippen LogP contribution in [0, 0.1) is 5.92 Å². The molecule has 1 amide bonds. The maximum atomic E-state index is 11.9. The van der Waals surface area contributed by atoms with Gasteiger partial charge in [-0.1, -0.05) is 13.8 Å². The summed E-state index contributed by atoms with van der Waals surface area (Å²) in [6.07, 6.45) is 2.78. The fourth-order valence-corrected chi connectivity index (χ4v) is 2.87. The Morgan fingerprint density at radius 1 is 1.40 bits per heavy atom. The number of nitrogens with zero attached hydrogens (tertiary/aromatic N) is 1. The smallest absolute Gasteiger partial charge is 0.236 e. The van der Waals surface area contributed by atoms with Crippen LogP contribution in [0.1, 0.15) is 33.6 Å². The monoisotopic (exact) mass is 283 g/mol. The van der Waals surface area contributed by atoms with E-state index in [1.165, 1.54) is 19.4 Å². The molecule has 0 aromatic rings. The molecule has 20 heavy (non-hydrogen) atoms. The van der Waals surface area contributed by atoms with E-state index < -0.39 is 0 Å². The average Bonchev–Trinajstić information content (AvgIpc) is 2.89. The maximum Gasteiger partial charge on any atom is 0.236 e. The molecular formula is C15H29N3O2. The van der Waals surface area contributed by atoms with Gasteiger partial charge < -0.3 is 15.4 Å². The molecule has 5 nitrogen and oxygen atoms in total. The van der Waals surface area contributed by atoms with Crippen molar-refractivity contribution in [3.8, 4) is 0 Å². The van der Waals surface area contributed by atoms with Gasteiger partial charge in [-0.25, -0.2) is 0 Å². The Morgan fingerprint density at radius 2 is 2.20 bits per heavy atom. The van der Waals surface area contributed by atoms with E-state index in [1.54, 1.807) is 0 Å². The number of hydrogen-bond donors (Lipinski definition) is 2. The molecule has 2 N–H and O–H groups in total. The highest BCUT2D eigenvalue weighted by Gasteiger charge is 2.32. The molecule has 0 bridgehead atoms. The van der Waals surface area contributed by atoms with Crippen LogP contribution < -0.4 is 10.6 Å². The van der Waals surface area contributed by atoms with E-state index >= 15 is 0 Å². The Balaban J connectivity index is 1.65. The molecular weight excluding hydrogens is 254 g/mol. The number of morpholine rings is 1. The SMILES string of the molecule is CC(C)CNC(=O)C(C)NCC1CN2CCCC2CO1. The van der Waals surface area contributed by atoms with Gasteiger partial charge in [0.05, 0.1) is 18.8 Å². The first-order valence-electron chi connectivity index (χ1n) is 7.93. The van der Waals surface area contributed by atoms with Crippen LogP contribution in [0.4, 0.5) is 0 Å². The molecule has 3 unspecified atom stereocenters. The van der Waals surface area contributed by atoms with E-state index in [0.717, 1.165) is 26.2 Å². The summed E-state index contributed by atoms with van der Waals surface area (Å²) in [6.45, 7) is 10.6. The van der Waals surface area contributed by atoms with Gasteiger partial charge in [0.1, 0.15) is 0 Å². The van der Waals surface area contributed by atoms with Crippen LogP contribution in [-0.2, 0) is 9.53 Å². The van der Waals surface area contributed by atoms with Crippen molar-refractivity contribution in [3.63, 3.8) is 0 Å². The zero-order valence-electron chi connectivity index (χ0n) is 13.0. The van der Waals surface area contributed by atoms with Gasteiger partial charge in [0, 0.05) is 25.7 Å². The lowest BCUT2D eigenvalue weighted by molar-refractivity contribution is -0.123. The lowest BCUT2D eigenvalue weighted by Gasteiger charge is -2.35. The zero-order valence-corrected chi connectivity index (χ0v) is 13.0. The largest absolute Gasteiger partial charge is 0.374 e. The van der Waals surface area contributed by atoms with Crippen molar-refractivity contribution >= 4 is 5.91 Å². The number of amides is 1. The normalized spacial score (nSPS) is 28.4. The predicted molar refractivity (Wildman–Crippen MR) is 79.6 cm³/mol. The third-order valence-corrected chi connectivity index (χ3v) is 4.19. The van der Waals surface area contributed by atoms with Crippen molar-refractivity contribution in [1.29, 1.82) is 0 Å². The highest BCUT2D eigenvalue weighted by molar-refractivity contribution is 5.81. The number of nitrogens with one attached hydrogen (secondary N) is 2. The Labute approximate surface area is 122 Å². The van der Waals surface area contributed by atoms with Crippen molar-refractivity contribution in [2.75, 3.05) is 32.8 Å². The third-order valence-electron chi connectivity index (χ3n) is 4.19. The van der Waals surface area contributed by atoms with Gasteiger partial charge >= 0.3 is 0 Å².